The minimum Gasteiger partial charge on any atom is -0.481 e. The number of carboxylic acids is 1. The second-order valence-electron chi connectivity index (χ2n) is 2.06. The van der Waals surface area contributed by atoms with Crippen molar-refractivity contribution in [3.63, 3.8) is 0 Å². The fourth-order valence-electron chi connectivity index (χ4n) is 0.667. The molecule has 0 aromatic carbocycles. The van der Waals surface area contributed by atoms with Crippen LogP contribution in [0.3, 0.4) is 0 Å². The molecule has 0 bridgehead atoms. The number of carbonyl (C=O) groups is 1. The van der Waals surface area contributed by atoms with Crippen LogP contribution in [0.5, 0.6) is 0 Å². The summed E-state index contributed by atoms with van der Waals surface area (Å²) >= 11 is 3.83. The van der Waals surface area contributed by atoms with E-state index in [0.29, 0.717) is 12.8 Å². The Morgan fingerprint density at radius 3 is 2.70 bits per heavy atom. The lowest BCUT2D eigenvalue weighted by atomic mass is 10.0. The van der Waals surface area contributed by atoms with E-state index in [1.165, 1.54) is 0 Å². The summed E-state index contributed by atoms with van der Waals surface area (Å²) < 4.78 is 0. The van der Waals surface area contributed by atoms with Gasteiger partial charge in [0, 0.05) is 0 Å². The van der Waals surface area contributed by atoms with Gasteiger partial charge in [-0.3, -0.25) is 4.79 Å². The van der Waals surface area contributed by atoms with Crippen LogP contribution in [0.4, 0.5) is 0 Å². The predicted octanol–water partition coefficient (Wildman–Crippen LogP) is 1.93. The Hall–Kier alpha value is -0.440. The molecule has 0 aliphatic heterocycles. The molecule has 0 heterocycles. The minimum atomic E-state index is -0.728. The molecule has 3 heteroatoms. The van der Waals surface area contributed by atoms with Gasteiger partial charge in [-0.05, 0) is 18.2 Å². The smallest absolute Gasteiger partial charge is 0.306 e. The number of carboxylic acid groups (broad SMARTS) is 1. The van der Waals surface area contributed by atoms with Crippen molar-refractivity contribution in [1.29, 1.82) is 0 Å². The molecule has 0 saturated heterocycles. The zero-order chi connectivity index (χ0) is 7.98. The average molecular weight is 160 g/mol. The van der Waals surface area contributed by atoms with Crippen LogP contribution in [0, 0.1) is 5.92 Å². The molecule has 0 aromatic rings. The first-order chi connectivity index (χ1) is 4.72. The van der Waals surface area contributed by atoms with E-state index in [1.807, 2.05) is 6.92 Å². The Morgan fingerprint density at radius 2 is 2.40 bits per heavy atom. The summed E-state index contributed by atoms with van der Waals surface area (Å²) in [6.07, 6.45) is 3.01. The van der Waals surface area contributed by atoms with Crippen molar-refractivity contribution in [2.24, 2.45) is 5.92 Å². The highest BCUT2D eigenvalue weighted by Gasteiger charge is 2.11. The number of rotatable bonds is 4. The van der Waals surface area contributed by atoms with Gasteiger partial charge in [-0.25, -0.2) is 0 Å². The second-order valence-corrected chi connectivity index (χ2v) is 2.36. The topological polar surface area (TPSA) is 37.3 Å². The third-order valence-corrected chi connectivity index (χ3v) is 1.58. The van der Waals surface area contributed by atoms with E-state index in [1.54, 1.807) is 11.5 Å². The first-order valence-electron chi connectivity index (χ1n) is 3.24. The van der Waals surface area contributed by atoms with Crippen molar-refractivity contribution in [2.75, 3.05) is 0 Å². The van der Waals surface area contributed by atoms with Crippen LogP contribution in [0.15, 0.2) is 11.5 Å². The zero-order valence-electron chi connectivity index (χ0n) is 5.95. The number of aliphatic carboxylic acids is 1. The Balaban J connectivity index is 3.71. The van der Waals surface area contributed by atoms with Crippen molar-refractivity contribution in [1.82, 2.24) is 0 Å². The maximum absolute atomic E-state index is 10.4. The molecule has 1 N–H and O–H groups in total. The van der Waals surface area contributed by atoms with Crippen LogP contribution in [-0.2, 0) is 4.79 Å². The van der Waals surface area contributed by atoms with Gasteiger partial charge in [-0.1, -0.05) is 13.0 Å². The molecule has 0 aromatic heterocycles. The summed E-state index contributed by atoms with van der Waals surface area (Å²) in [6, 6.07) is 0. The van der Waals surface area contributed by atoms with Crippen LogP contribution in [-0.4, -0.2) is 11.1 Å². The Kier molecular flexibility index (Phi) is 5.12. The standard InChI is InChI=1S/C7H12O2S/c1-2-6(7(8)9)4-3-5-10/h3,5-6,10H,2,4H2,1H3,(H,8,9). The zero-order valence-corrected chi connectivity index (χ0v) is 6.84. The fourth-order valence-corrected chi connectivity index (χ4v) is 0.789. The average Bonchev–Trinajstić information content (AvgIpc) is 1.89. The number of allylic oxidation sites excluding steroid dienone is 1. The molecule has 1 atom stereocenters. The Bertz CT molecular complexity index is 132. The molecule has 58 valence electrons. The van der Waals surface area contributed by atoms with E-state index in [4.69, 9.17) is 5.11 Å². The lowest BCUT2D eigenvalue weighted by Gasteiger charge is -2.03. The van der Waals surface area contributed by atoms with Crippen LogP contribution >= 0.6 is 12.6 Å². The van der Waals surface area contributed by atoms with E-state index in [-0.39, 0.29) is 5.92 Å². The van der Waals surface area contributed by atoms with Crippen molar-refractivity contribution in [3.8, 4) is 0 Å². The van der Waals surface area contributed by atoms with Crippen molar-refractivity contribution >= 4 is 18.6 Å². The van der Waals surface area contributed by atoms with Gasteiger partial charge < -0.3 is 5.11 Å². The van der Waals surface area contributed by atoms with Crippen LogP contribution in [0.25, 0.3) is 0 Å². The highest BCUT2D eigenvalue weighted by Crippen LogP contribution is 2.08. The quantitative estimate of drug-likeness (QED) is 0.617. The molecule has 0 radical (unpaired) electrons. The molecule has 0 rings (SSSR count). The van der Waals surface area contributed by atoms with Crippen molar-refractivity contribution in [2.45, 2.75) is 19.8 Å². The van der Waals surface area contributed by atoms with Crippen LogP contribution < -0.4 is 0 Å². The number of hydrogen-bond donors (Lipinski definition) is 2. The summed E-state index contributed by atoms with van der Waals surface area (Å²) in [5.41, 5.74) is 0. The van der Waals surface area contributed by atoms with E-state index in [9.17, 15) is 4.79 Å². The number of thiol groups is 1. The molecule has 0 spiro atoms. The summed E-state index contributed by atoms with van der Waals surface area (Å²) in [7, 11) is 0. The summed E-state index contributed by atoms with van der Waals surface area (Å²) in [4.78, 5) is 10.4. The fraction of sp³-hybridized carbons (Fsp3) is 0.571. The van der Waals surface area contributed by atoms with Gasteiger partial charge in [0.25, 0.3) is 0 Å². The Labute approximate surface area is 66.4 Å². The van der Waals surface area contributed by atoms with E-state index in [2.05, 4.69) is 12.6 Å². The minimum absolute atomic E-state index is 0.247. The molecule has 10 heavy (non-hydrogen) atoms. The van der Waals surface area contributed by atoms with E-state index in [0.717, 1.165) is 0 Å². The van der Waals surface area contributed by atoms with E-state index < -0.39 is 5.97 Å². The normalized spacial score (nSPS) is 13.8. The highest BCUT2D eigenvalue weighted by molar-refractivity contribution is 7.83. The first kappa shape index (κ1) is 9.56. The highest BCUT2D eigenvalue weighted by atomic mass is 32.1. The lowest BCUT2D eigenvalue weighted by molar-refractivity contribution is -0.141. The Morgan fingerprint density at radius 1 is 1.80 bits per heavy atom. The largest absolute Gasteiger partial charge is 0.481 e. The maximum Gasteiger partial charge on any atom is 0.306 e. The van der Waals surface area contributed by atoms with Crippen molar-refractivity contribution < 1.29 is 9.90 Å². The SMILES string of the molecule is CCC(CC=CS)C(=O)O. The molecular formula is C7H12O2S. The lowest BCUT2D eigenvalue weighted by Crippen LogP contribution is -2.10. The summed E-state index contributed by atoms with van der Waals surface area (Å²) in [5.74, 6) is -0.975. The van der Waals surface area contributed by atoms with Gasteiger partial charge in [-0.2, -0.15) is 12.6 Å². The maximum atomic E-state index is 10.4. The third kappa shape index (κ3) is 3.56. The molecule has 1 unspecified atom stereocenters. The molecule has 0 aliphatic carbocycles. The van der Waals surface area contributed by atoms with Gasteiger partial charge in [-0.15, -0.1) is 0 Å². The first-order valence-corrected chi connectivity index (χ1v) is 3.76. The third-order valence-electron chi connectivity index (χ3n) is 1.37. The monoisotopic (exact) mass is 160 g/mol. The van der Waals surface area contributed by atoms with Crippen LogP contribution in [0.1, 0.15) is 19.8 Å². The summed E-state index contributed by atoms with van der Waals surface area (Å²) in [6.45, 7) is 1.87. The second kappa shape index (κ2) is 5.35. The molecule has 0 aliphatic rings. The molecular weight excluding hydrogens is 148 g/mol. The molecule has 0 saturated carbocycles. The van der Waals surface area contributed by atoms with Gasteiger partial charge in [0.15, 0.2) is 0 Å². The van der Waals surface area contributed by atoms with Gasteiger partial charge in [0.1, 0.15) is 0 Å². The van der Waals surface area contributed by atoms with E-state index >= 15 is 0 Å². The molecule has 2 nitrogen and oxygen atoms in total. The van der Waals surface area contributed by atoms with Gasteiger partial charge in [0.2, 0.25) is 0 Å². The van der Waals surface area contributed by atoms with Gasteiger partial charge in [0.05, 0.1) is 5.92 Å². The summed E-state index contributed by atoms with van der Waals surface area (Å²) in [5, 5.41) is 10.1. The van der Waals surface area contributed by atoms with Gasteiger partial charge >= 0.3 is 5.97 Å². The van der Waals surface area contributed by atoms with Crippen molar-refractivity contribution in [3.05, 3.63) is 11.5 Å². The molecule has 0 fully saturated rings. The van der Waals surface area contributed by atoms with Crippen LogP contribution in [0.2, 0.25) is 0 Å². The predicted molar refractivity (Wildman–Crippen MR) is 44.2 cm³/mol. The molecule has 0 amide bonds. The number of hydrogen-bond acceptors (Lipinski definition) is 2.